The van der Waals surface area contributed by atoms with E-state index in [1.54, 1.807) is 0 Å². The SMILES string of the molecule is Brc1cc(N(c2ccccc2)c2ccc3c(c2)C(c2ccccc2)(c2ccccc2)c2ccccc2-3)cc(N(c2ccccc2)c2ccc3sc4c(c3c2)=CCCC=4)c1. The number of nitrogens with zero attached hydrogens (tertiary/aromatic N) is 2. The van der Waals surface area contributed by atoms with Crippen LogP contribution in [0.15, 0.2) is 205 Å². The van der Waals surface area contributed by atoms with Gasteiger partial charge in [-0.2, -0.15) is 0 Å². The second kappa shape index (κ2) is 14.7. The highest BCUT2D eigenvalue weighted by molar-refractivity contribution is 9.10. The van der Waals surface area contributed by atoms with Gasteiger partial charge >= 0.3 is 0 Å². The Balaban J connectivity index is 1.13. The van der Waals surface area contributed by atoms with Crippen molar-refractivity contribution in [1.29, 1.82) is 0 Å². The maximum absolute atomic E-state index is 4.01. The molecular formula is C55H39BrN2S. The molecule has 11 rings (SSSR count). The summed E-state index contributed by atoms with van der Waals surface area (Å²) in [7, 11) is 0. The number of anilines is 6. The van der Waals surface area contributed by atoms with Gasteiger partial charge in [-0.25, -0.2) is 0 Å². The highest BCUT2D eigenvalue weighted by atomic mass is 79.9. The molecule has 1 heterocycles. The normalized spacial score (nSPS) is 13.4. The molecule has 0 spiro atoms. The first-order valence-electron chi connectivity index (χ1n) is 20.3. The summed E-state index contributed by atoms with van der Waals surface area (Å²) < 4.78 is 3.71. The molecule has 1 aromatic heterocycles. The third-order valence-electron chi connectivity index (χ3n) is 12.0. The van der Waals surface area contributed by atoms with E-state index in [4.69, 9.17) is 0 Å². The minimum atomic E-state index is -0.506. The fraction of sp³-hybridized carbons (Fsp3) is 0.0545. The van der Waals surface area contributed by atoms with Crippen molar-refractivity contribution in [1.82, 2.24) is 0 Å². The van der Waals surface area contributed by atoms with E-state index in [0.717, 1.165) is 51.4 Å². The molecule has 4 heteroatoms. The van der Waals surface area contributed by atoms with Crippen LogP contribution in [-0.4, -0.2) is 0 Å². The number of halogens is 1. The fourth-order valence-corrected chi connectivity index (χ4v) is 11.1. The van der Waals surface area contributed by atoms with Crippen LogP contribution < -0.4 is 19.6 Å². The van der Waals surface area contributed by atoms with E-state index in [1.807, 2.05) is 11.3 Å². The summed E-state index contributed by atoms with van der Waals surface area (Å²) in [5, 5.41) is 2.69. The Hall–Kier alpha value is -6.46. The molecule has 8 aromatic carbocycles. The molecule has 2 aliphatic rings. The lowest BCUT2D eigenvalue weighted by molar-refractivity contribution is 0.768. The van der Waals surface area contributed by atoms with Crippen molar-refractivity contribution in [3.05, 3.63) is 237 Å². The van der Waals surface area contributed by atoms with Crippen molar-refractivity contribution in [3.8, 4) is 11.1 Å². The quantitative estimate of drug-likeness (QED) is 0.150. The smallest absolute Gasteiger partial charge is 0.0714 e. The number of rotatable bonds is 8. The molecule has 9 aromatic rings. The molecule has 0 amide bonds. The van der Waals surface area contributed by atoms with Gasteiger partial charge in [-0.15, -0.1) is 11.3 Å². The number of hydrogen-bond acceptors (Lipinski definition) is 3. The van der Waals surface area contributed by atoms with Gasteiger partial charge in [0.25, 0.3) is 0 Å². The van der Waals surface area contributed by atoms with Crippen molar-refractivity contribution in [2.75, 3.05) is 9.80 Å². The van der Waals surface area contributed by atoms with Crippen molar-refractivity contribution in [2.45, 2.75) is 18.3 Å². The maximum atomic E-state index is 4.01. The van der Waals surface area contributed by atoms with Crippen molar-refractivity contribution >= 4 is 83.6 Å². The van der Waals surface area contributed by atoms with Crippen molar-refractivity contribution in [2.24, 2.45) is 0 Å². The predicted molar refractivity (Wildman–Crippen MR) is 254 cm³/mol. The van der Waals surface area contributed by atoms with Crippen molar-refractivity contribution < 1.29 is 0 Å². The topological polar surface area (TPSA) is 6.48 Å². The Bertz CT molecular complexity index is 3080. The van der Waals surface area contributed by atoms with Gasteiger partial charge in [-0.05, 0) is 124 Å². The average Bonchev–Trinajstić information content (AvgIpc) is 3.81. The largest absolute Gasteiger partial charge is 0.310 e. The summed E-state index contributed by atoms with van der Waals surface area (Å²) >= 11 is 5.91. The minimum absolute atomic E-state index is 0.506. The molecule has 2 nitrogen and oxygen atoms in total. The Labute approximate surface area is 357 Å². The fourth-order valence-electron chi connectivity index (χ4n) is 9.50. The van der Waals surface area contributed by atoms with Crippen LogP contribution in [0.5, 0.6) is 0 Å². The van der Waals surface area contributed by atoms with Gasteiger partial charge in [0.2, 0.25) is 0 Å². The zero-order chi connectivity index (χ0) is 39.3. The van der Waals surface area contributed by atoms with Crippen LogP contribution in [0.4, 0.5) is 34.1 Å². The van der Waals surface area contributed by atoms with Gasteiger partial charge in [-0.1, -0.05) is 155 Å². The van der Waals surface area contributed by atoms with E-state index >= 15 is 0 Å². The molecule has 0 saturated heterocycles. The van der Waals surface area contributed by atoms with Crippen molar-refractivity contribution in [3.63, 3.8) is 0 Å². The second-order valence-electron chi connectivity index (χ2n) is 15.3. The van der Waals surface area contributed by atoms with Gasteiger partial charge in [0.05, 0.1) is 5.41 Å². The van der Waals surface area contributed by atoms with Gasteiger partial charge in [-0.3, -0.25) is 0 Å². The van der Waals surface area contributed by atoms with E-state index in [0.29, 0.717) is 0 Å². The molecule has 0 fully saturated rings. The van der Waals surface area contributed by atoms with Crippen LogP contribution in [0.2, 0.25) is 0 Å². The third-order valence-corrected chi connectivity index (χ3v) is 13.6. The lowest BCUT2D eigenvalue weighted by Gasteiger charge is -2.35. The second-order valence-corrected chi connectivity index (χ2v) is 17.3. The number of benzene rings is 8. The highest BCUT2D eigenvalue weighted by Crippen LogP contribution is 2.57. The first-order valence-corrected chi connectivity index (χ1v) is 21.9. The zero-order valence-electron chi connectivity index (χ0n) is 32.3. The summed E-state index contributed by atoms with van der Waals surface area (Å²) in [5.41, 5.74) is 13.6. The van der Waals surface area contributed by atoms with E-state index < -0.39 is 5.41 Å². The van der Waals surface area contributed by atoms with Crippen LogP contribution in [0.25, 0.3) is 33.4 Å². The Kier molecular flexibility index (Phi) is 8.91. The van der Waals surface area contributed by atoms with E-state index in [2.05, 4.69) is 238 Å². The number of thiophene rings is 1. The van der Waals surface area contributed by atoms with Crippen LogP contribution >= 0.6 is 27.3 Å². The molecule has 0 N–H and O–H groups in total. The van der Waals surface area contributed by atoms with Crippen LogP contribution in [0.3, 0.4) is 0 Å². The molecular weight excluding hydrogens is 801 g/mol. The van der Waals surface area contributed by atoms with Gasteiger partial charge in [0.15, 0.2) is 0 Å². The Morgan fingerprint density at radius 2 is 0.949 bits per heavy atom. The maximum Gasteiger partial charge on any atom is 0.0714 e. The lowest BCUT2D eigenvalue weighted by Crippen LogP contribution is -2.28. The summed E-state index contributed by atoms with van der Waals surface area (Å²) in [5.74, 6) is 0. The monoisotopic (exact) mass is 838 g/mol. The molecule has 0 atom stereocenters. The molecule has 282 valence electrons. The number of fused-ring (bicyclic) bond motifs is 6. The summed E-state index contributed by atoms with van der Waals surface area (Å²) in [6, 6.07) is 73.4. The lowest BCUT2D eigenvalue weighted by atomic mass is 9.67. The van der Waals surface area contributed by atoms with E-state index in [-0.39, 0.29) is 0 Å². The standard InChI is InChI=1S/C55H39BrN2S/c56-40-33-45(57(41-21-9-3-10-22-41)43-30-32-54-50(36-43)49-26-14-16-28-53(49)59-54)35-46(34-40)58(42-23-11-4-12-24-42)44-29-31-48-47-25-13-15-27-51(47)55(52(48)37-44,38-17-5-1-6-18-38)39-19-7-2-8-20-39/h1-13,15,17-37H,14,16H2. The molecule has 59 heavy (non-hydrogen) atoms. The van der Waals surface area contributed by atoms with Crippen LogP contribution in [0, 0.1) is 0 Å². The zero-order valence-corrected chi connectivity index (χ0v) is 34.7. The third kappa shape index (κ3) is 5.97. The van der Waals surface area contributed by atoms with Gasteiger partial charge in [0.1, 0.15) is 0 Å². The number of hydrogen-bond donors (Lipinski definition) is 0. The molecule has 0 radical (unpaired) electrons. The minimum Gasteiger partial charge on any atom is -0.310 e. The Morgan fingerprint density at radius 1 is 0.424 bits per heavy atom. The average molecular weight is 840 g/mol. The molecule has 0 bridgehead atoms. The first-order chi connectivity index (χ1) is 29.2. The molecule has 0 saturated carbocycles. The molecule has 0 aliphatic heterocycles. The summed E-state index contributed by atoms with van der Waals surface area (Å²) in [6.07, 6.45) is 7.01. The van der Waals surface area contributed by atoms with Gasteiger partial charge < -0.3 is 9.80 Å². The molecule has 0 unspecified atom stereocenters. The predicted octanol–water partition coefficient (Wildman–Crippen LogP) is 14.3. The van der Waals surface area contributed by atoms with Gasteiger partial charge in [0, 0.05) is 53.2 Å². The molecule has 2 aliphatic carbocycles. The Morgan fingerprint density at radius 3 is 1.59 bits per heavy atom. The summed E-state index contributed by atoms with van der Waals surface area (Å²) in [6.45, 7) is 0. The highest BCUT2D eigenvalue weighted by Gasteiger charge is 2.46. The summed E-state index contributed by atoms with van der Waals surface area (Å²) in [4.78, 5) is 4.80. The van der Waals surface area contributed by atoms with Crippen LogP contribution in [0.1, 0.15) is 35.1 Å². The van der Waals surface area contributed by atoms with E-state index in [9.17, 15) is 0 Å². The first kappa shape index (κ1) is 35.7. The number of para-hydroxylation sites is 2. The van der Waals surface area contributed by atoms with E-state index in [1.165, 1.54) is 53.2 Å². The van der Waals surface area contributed by atoms with Crippen LogP contribution in [-0.2, 0) is 5.41 Å².